The van der Waals surface area contributed by atoms with Crippen molar-refractivity contribution in [2.24, 2.45) is 0 Å². The number of esters is 1. The van der Waals surface area contributed by atoms with Gasteiger partial charge in [-0.1, -0.05) is 6.92 Å². The summed E-state index contributed by atoms with van der Waals surface area (Å²) < 4.78 is 17.0. The van der Waals surface area contributed by atoms with Gasteiger partial charge in [0.05, 0.1) is 17.0 Å². The lowest BCUT2D eigenvalue weighted by atomic mass is 9.73. The van der Waals surface area contributed by atoms with E-state index in [4.69, 9.17) is 14.0 Å². The Morgan fingerprint density at radius 2 is 1.50 bits per heavy atom. The van der Waals surface area contributed by atoms with Crippen molar-refractivity contribution in [2.75, 3.05) is 0 Å². The average Bonchev–Trinajstić information content (AvgIpc) is 2.31. The van der Waals surface area contributed by atoms with E-state index in [2.05, 4.69) is 0 Å². The van der Waals surface area contributed by atoms with Crippen LogP contribution in [0.5, 0.6) is 0 Å². The second kappa shape index (κ2) is 4.53. The van der Waals surface area contributed by atoms with Crippen LogP contribution in [0.3, 0.4) is 0 Å². The lowest BCUT2D eigenvalue weighted by Gasteiger charge is -2.32. The van der Waals surface area contributed by atoms with Gasteiger partial charge in [-0.05, 0) is 48.5 Å². The molecule has 0 spiro atoms. The molecule has 0 radical (unpaired) electrons. The van der Waals surface area contributed by atoms with Gasteiger partial charge in [0.25, 0.3) is 0 Å². The molecule has 18 heavy (non-hydrogen) atoms. The molecular formula is C13H25BO4. The largest absolute Gasteiger partial charge is 0.472 e. The maximum absolute atomic E-state index is 12.0. The summed E-state index contributed by atoms with van der Waals surface area (Å²) in [5.41, 5.74) is -1.34. The van der Waals surface area contributed by atoms with Crippen LogP contribution in [0.2, 0.25) is 5.82 Å². The van der Waals surface area contributed by atoms with Gasteiger partial charge < -0.3 is 14.0 Å². The van der Waals surface area contributed by atoms with Crippen molar-refractivity contribution >= 4 is 13.1 Å². The molecule has 1 aliphatic rings. The molecule has 0 N–H and O–H groups in total. The first-order valence-electron chi connectivity index (χ1n) is 6.44. The molecule has 0 amide bonds. The van der Waals surface area contributed by atoms with Crippen molar-refractivity contribution in [3.05, 3.63) is 0 Å². The maximum Gasteiger partial charge on any atom is 0.472 e. The monoisotopic (exact) mass is 256 g/mol. The lowest BCUT2D eigenvalue weighted by Crippen LogP contribution is -2.41. The van der Waals surface area contributed by atoms with E-state index < -0.39 is 29.7 Å². The van der Waals surface area contributed by atoms with Crippen LogP contribution in [-0.2, 0) is 18.8 Å². The van der Waals surface area contributed by atoms with Gasteiger partial charge in [0, 0.05) is 0 Å². The first-order chi connectivity index (χ1) is 7.86. The van der Waals surface area contributed by atoms with Gasteiger partial charge in [0.1, 0.15) is 5.60 Å². The smallest absolute Gasteiger partial charge is 0.460 e. The van der Waals surface area contributed by atoms with Crippen molar-refractivity contribution in [1.82, 2.24) is 0 Å². The Hall–Kier alpha value is -0.545. The average molecular weight is 256 g/mol. The Labute approximate surface area is 111 Å². The maximum atomic E-state index is 12.0. The summed E-state index contributed by atoms with van der Waals surface area (Å²) in [6.07, 6.45) is 0. The van der Waals surface area contributed by atoms with E-state index in [1.54, 1.807) is 6.92 Å². The zero-order chi connectivity index (χ0) is 14.4. The van der Waals surface area contributed by atoms with Crippen LogP contribution in [-0.4, -0.2) is 29.9 Å². The lowest BCUT2D eigenvalue weighted by molar-refractivity contribution is -0.154. The van der Waals surface area contributed by atoms with Gasteiger partial charge >= 0.3 is 13.1 Å². The SMILES string of the molecule is CC(B1OC(C)(C)C(C)(C)O1)C(=O)OC(C)(C)C. The molecule has 1 heterocycles. The molecule has 0 bridgehead atoms. The fraction of sp³-hybridized carbons (Fsp3) is 0.923. The van der Waals surface area contributed by atoms with Crippen LogP contribution in [0, 0.1) is 0 Å². The second-order valence-corrected chi connectivity index (χ2v) is 6.95. The summed E-state index contributed by atoms with van der Waals surface area (Å²) in [5, 5.41) is 0. The summed E-state index contributed by atoms with van der Waals surface area (Å²) in [7, 11) is -0.551. The molecular weight excluding hydrogens is 231 g/mol. The van der Waals surface area contributed by atoms with Crippen LogP contribution >= 0.6 is 0 Å². The molecule has 1 saturated heterocycles. The van der Waals surface area contributed by atoms with E-state index in [0.29, 0.717) is 0 Å². The molecule has 4 nitrogen and oxygen atoms in total. The van der Waals surface area contributed by atoms with Crippen molar-refractivity contribution < 1.29 is 18.8 Å². The third-order valence-corrected chi connectivity index (χ3v) is 3.46. The van der Waals surface area contributed by atoms with Crippen LogP contribution < -0.4 is 0 Å². The normalized spacial score (nSPS) is 23.9. The van der Waals surface area contributed by atoms with Crippen molar-refractivity contribution in [3.8, 4) is 0 Å². The molecule has 0 aliphatic carbocycles. The molecule has 0 aromatic heterocycles. The first-order valence-corrected chi connectivity index (χ1v) is 6.44. The molecule has 1 rings (SSSR count). The minimum Gasteiger partial charge on any atom is -0.460 e. The van der Waals surface area contributed by atoms with Crippen molar-refractivity contribution in [2.45, 2.75) is 78.0 Å². The van der Waals surface area contributed by atoms with Crippen LogP contribution in [0.25, 0.3) is 0 Å². The van der Waals surface area contributed by atoms with Crippen molar-refractivity contribution in [3.63, 3.8) is 0 Å². The van der Waals surface area contributed by atoms with E-state index in [0.717, 1.165) is 0 Å². The van der Waals surface area contributed by atoms with Crippen LogP contribution in [0.15, 0.2) is 0 Å². The molecule has 104 valence electrons. The number of ether oxygens (including phenoxy) is 1. The zero-order valence-corrected chi connectivity index (χ0v) is 12.8. The number of carbonyl (C=O) groups excluding carboxylic acids is 1. The predicted octanol–water partition coefficient (Wildman–Crippen LogP) is 2.81. The minimum atomic E-state index is -0.551. The molecule has 1 fully saturated rings. The summed E-state index contributed by atoms with van der Waals surface area (Å²) in [6, 6.07) is 0. The molecule has 5 heteroatoms. The zero-order valence-electron chi connectivity index (χ0n) is 12.8. The summed E-state index contributed by atoms with van der Waals surface area (Å²) >= 11 is 0. The highest BCUT2D eigenvalue weighted by Crippen LogP contribution is 2.40. The van der Waals surface area contributed by atoms with E-state index >= 15 is 0 Å². The van der Waals surface area contributed by atoms with E-state index in [1.165, 1.54) is 0 Å². The molecule has 0 aromatic rings. The van der Waals surface area contributed by atoms with E-state index in [9.17, 15) is 4.79 Å². The third kappa shape index (κ3) is 3.26. The Kier molecular flexibility index (Phi) is 3.90. The molecule has 1 aliphatic heterocycles. The van der Waals surface area contributed by atoms with Crippen molar-refractivity contribution in [1.29, 1.82) is 0 Å². The summed E-state index contributed by atoms with van der Waals surface area (Å²) in [6.45, 7) is 15.2. The Balaban J connectivity index is 2.71. The number of hydrogen-bond donors (Lipinski definition) is 0. The second-order valence-electron chi connectivity index (χ2n) is 6.95. The molecule has 1 atom stereocenters. The van der Waals surface area contributed by atoms with Gasteiger partial charge in [-0.3, -0.25) is 4.79 Å². The molecule has 0 saturated carbocycles. The Morgan fingerprint density at radius 1 is 1.11 bits per heavy atom. The Bertz CT molecular complexity index is 314. The summed E-state index contributed by atoms with van der Waals surface area (Å²) in [4.78, 5) is 12.0. The fourth-order valence-electron chi connectivity index (χ4n) is 1.60. The highest BCUT2D eigenvalue weighted by Gasteiger charge is 2.54. The highest BCUT2D eigenvalue weighted by molar-refractivity contribution is 6.52. The van der Waals surface area contributed by atoms with E-state index in [-0.39, 0.29) is 5.97 Å². The number of hydrogen-bond acceptors (Lipinski definition) is 4. The number of rotatable bonds is 2. The minimum absolute atomic E-state index is 0.291. The van der Waals surface area contributed by atoms with Gasteiger partial charge in [0.2, 0.25) is 0 Å². The Morgan fingerprint density at radius 3 is 1.83 bits per heavy atom. The first kappa shape index (κ1) is 15.5. The van der Waals surface area contributed by atoms with Gasteiger partial charge in [-0.25, -0.2) is 0 Å². The standard InChI is InChI=1S/C13H25BO4/c1-9(10(15)16-11(2,3)4)14-17-12(5,6)13(7,8)18-14/h9H,1-8H3. The van der Waals surface area contributed by atoms with Crippen LogP contribution in [0.4, 0.5) is 0 Å². The quantitative estimate of drug-likeness (QED) is 0.563. The summed E-state index contributed by atoms with van der Waals surface area (Å²) in [5.74, 6) is -0.730. The predicted molar refractivity (Wildman–Crippen MR) is 71.4 cm³/mol. The van der Waals surface area contributed by atoms with Gasteiger partial charge in [0.15, 0.2) is 0 Å². The topological polar surface area (TPSA) is 44.8 Å². The van der Waals surface area contributed by atoms with Gasteiger partial charge in [-0.15, -0.1) is 0 Å². The third-order valence-electron chi connectivity index (χ3n) is 3.46. The molecule has 0 aromatic carbocycles. The van der Waals surface area contributed by atoms with E-state index in [1.807, 2.05) is 48.5 Å². The highest BCUT2D eigenvalue weighted by atomic mass is 16.7. The van der Waals surface area contributed by atoms with Gasteiger partial charge in [-0.2, -0.15) is 0 Å². The fourth-order valence-corrected chi connectivity index (χ4v) is 1.60. The molecule has 1 unspecified atom stereocenters. The van der Waals surface area contributed by atoms with Crippen LogP contribution in [0.1, 0.15) is 55.4 Å². The number of carbonyl (C=O) groups is 1.